The molecule has 0 fully saturated rings. The Morgan fingerprint density at radius 1 is 1.20 bits per heavy atom. The van der Waals surface area contributed by atoms with Crippen molar-refractivity contribution in [3.05, 3.63) is 52.3 Å². The lowest BCUT2D eigenvalue weighted by Gasteiger charge is -2.08. The number of nitrogens with one attached hydrogen (secondary N) is 2. The van der Waals surface area contributed by atoms with Crippen molar-refractivity contribution in [1.29, 1.82) is 0 Å². The SMILES string of the molecule is CCc1nnc(NC(=O)c2cccc(NS(=O)(=O)c3cccs3)c2)s1. The van der Waals surface area contributed by atoms with Crippen LogP contribution < -0.4 is 10.0 Å². The van der Waals surface area contributed by atoms with E-state index in [1.807, 2.05) is 6.92 Å². The first-order valence-electron chi connectivity index (χ1n) is 7.28. The summed E-state index contributed by atoms with van der Waals surface area (Å²) < 4.78 is 27.2. The van der Waals surface area contributed by atoms with E-state index in [4.69, 9.17) is 0 Å². The van der Waals surface area contributed by atoms with Gasteiger partial charge in [-0.2, -0.15) is 0 Å². The van der Waals surface area contributed by atoms with E-state index < -0.39 is 10.0 Å². The van der Waals surface area contributed by atoms with Crippen LogP contribution in [0.25, 0.3) is 0 Å². The molecule has 0 saturated carbocycles. The van der Waals surface area contributed by atoms with Gasteiger partial charge in [0.1, 0.15) is 9.22 Å². The molecule has 0 bridgehead atoms. The van der Waals surface area contributed by atoms with Crippen LogP contribution >= 0.6 is 22.7 Å². The number of rotatable bonds is 6. The molecule has 0 aliphatic heterocycles. The molecule has 25 heavy (non-hydrogen) atoms. The van der Waals surface area contributed by atoms with Crippen molar-refractivity contribution in [2.24, 2.45) is 0 Å². The first-order valence-corrected chi connectivity index (χ1v) is 10.5. The minimum Gasteiger partial charge on any atom is -0.296 e. The summed E-state index contributed by atoms with van der Waals surface area (Å²) in [5.74, 6) is -0.379. The van der Waals surface area contributed by atoms with E-state index in [2.05, 4.69) is 20.2 Å². The number of anilines is 2. The van der Waals surface area contributed by atoms with Crippen LogP contribution in [0, 0.1) is 0 Å². The fourth-order valence-electron chi connectivity index (χ4n) is 1.96. The first-order chi connectivity index (χ1) is 12.0. The van der Waals surface area contributed by atoms with Gasteiger partial charge in [0.15, 0.2) is 0 Å². The number of nitrogens with zero attached hydrogens (tertiary/aromatic N) is 2. The number of benzene rings is 1. The lowest BCUT2D eigenvalue weighted by atomic mass is 10.2. The highest BCUT2D eigenvalue weighted by molar-refractivity contribution is 7.94. The second kappa shape index (κ2) is 7.30. The van der Waals surface area contributed by atoms with Crippen LogP contribution in [0.15, 0.2) is 46.0 Å². The monoisotopic (exact) mass is 394 g/mol. The molecule has 2 N–H and O–H groups in total. The van der Waals surface area contributed by atoms with Gasteiger partial charge in [0.2, 0.25) is 5.13 Å². The number of hydrogen-bond acceptors (Lipinski definition) is 7. The Morgan fingerprint density at radius 2 is 2.04 bits per heavy atom. The fraction of sp³-hybridized carbons (Fsp3) is 0.133. The van der Waals surface area contributed by atoms with Crippen molar-refractivity contribution in [2.45, 2.75) is 17.6 Å². The van der Waals surface area contributed by atoms with Gasteiger partial charge in [-0.1, -0.05) is 30.4 Å². The number of sulfonamides is 1. The Balaban J connectivity index is 1.76. The van der Waals surface area contributed by atoms with Crippen molar-refractivity contribution in [3.63, 3.8) is 0 Å². The highest BCUT2D eigenvalue weighted by Crippen LogP contribution is 2.22. The van der Waals surface area contributed by atoms with Crippen LogP contribution in [0.1, 0.15) is 22.3 Å². The van der Waals surface area contributed by atoms with Gasteiger partial charge in [0, 0.05) is 11.3 Å². The normalized spacial score (nSPS) is 11.2. The number of carbonyl (C=O) groups excluding carboxylic acids is 1. The third-order valence-electron chi connectivity index (χ3n) is 3.13. The molecule has 2 heterocycles. The number of aryl methyl sites for hydroxylation is 1. The quantitative estimate of drug-likeness (QED) is 0.668. The highest BCUT2D eigenvalue weighted by atomic mass is 32.2. The van der Waals surface area contributed by atoms with Gasteiger partial charge in [0.05, 0.1) is 0 Å². The predicted molar refractivity (Wildman–Crippen MR) is 98.8 cm³/mol. The second-order valence-electron chi connectivity index (χ2n) is 4.93. The summed E-state index contributed by atoms with van der Waals surface area (Å²) in [5, 5.41) is 13.4. The average Bonchev–Trinajstić information content (AvgIpc) is 3.26. The number of aromatic nitrogens is 2. The second-order valence-corrected chi connectivity index (χ2v) is 8.85. The molecular weight excluding hydrogens is 380 g/mol. The molecule has 1 amide bonds. The van der Waals surface area contributed by atoms with E-state index >= 15 is 0 Å². The Morgan fingerprint density at radius 3 is 2.72 bits per heavy atom. The van der Waals surface area contributed by atoms with Gasteiger partial charge in [-0.3, -0.25) is 14.8 Å². The van der Waals surface area contributed by atoms with E-state index in [0.717, 1.165) is 22.8 Å². The molecule has 0 aliphatic rings. The highest BCUT2D eigenvalue weighted by Gasteiger charge is 2.16. The summed E-state index contributed by atoms with van der Waals surface area (Å²) in [5.41, 5.74) is 0.632. The van der Waals surface area contributed by atoms with Crippen LogP contribution in [-0.2, 0) is 16.4 Å². The molecule has 10 heteroatoms. The zero-order chi connectivity index (χ0) is 17.9. The Hall–Kier alpha value is -2.30. The van der Waals surface area contributed by atoms with E-state index in [0.29, 0.717) is 16.4 Å². The molecule has 0 spiro atoms. The predicted octanol–water partition coefficient (Wildman–Crippen LogP) is 3.22. The Kier molecular flexibility index (Phi) is 5.11. The molecule has 0 aliphatic carbocycles. The molecule has 0 atom stereocenters. The molecular formula is C15H14N4O3S3. The lowest BCUT2D eigenvalue weighted by Crippen LogP contribution is -2.14. The molecule has 7 nitrogen and oxygen atoms in total. The number of carbonyl (C=O) groups is 1. The van der Waals surface area contributed by atoms with E-state index in [9.17, 15) is 13.2 Å². The number of thiophene rings is 1. The Labute approximate surface area is 152 Å². The minimum absolute atomic E-state index is 0.211. The largest absolute Gasteiger partial charge is 0.296 e. The van der Waals surface area contributed by atoms with Gasteiger partial charge in [-0.15, -0.1) is 21.5 Å². The zero-order valence-corrected chi connectivity index (χ0v) is 15.5. The molecule has 0 saturated heterocycles. The topological polar surface area (TPSA) is 101 Å². The third-order valence-corrected chi connectivity index (χ3v) is 6.89. The molecule has 130 valence electrons. The molecule has 2 aromatic heterocycles. The van der Waals surface area contributed by atoms with Gasteiger partial charge in [-0.05, 0) is 36.1 Å². The average molecular weight is 395 g/mol. The maximum Gasteiger partial charge on any atom is 0.271 e. The fourth-order valence-corrected chi connectivity index (χ4v) is 4.68. The minimum atomic E-state index is -3.65. The van der Waals surface area contributed by atoms with Crippen molar-refractivity contribution in [3.8, 4) is 0 Å². The van der Waals surface area contributed by atoms with E-state index in [1.54, 1.807) is 29.6 Å². The zero-order valence-electron chi connectivity index (χ0n) is 13.1. The van der Waals surface area contributed by atoms with Gasteiger partial charge in [0.25, 0.3) is 15.9 Å². The summed E-state index contributed by atoms with van der Waals surface area (Å²) in [6.45, 7) is 1.95. The summed E-state index contributed by atoms with van der Waals surface area (Å²) in [6, 6.07) is 9.45. The summed E-state index contributed by atoms with van der Waals surface area (Å²) in [4.78, 5) is 12.3. The van der Waals surface area contributed by atoms with Crippen LogP contribution in [0.3, 0.4) is 0 Å². The first kappa shape index (κ1) is 17.5. The van der Waals surface area contributed by atoms with Crippen molar-refractivity contribution in [2.75, 3.05) is 10.0 Å². The van der Waals surface area contributed by atoms with Crippen molar-refractivity contribution >= 4 is 49.4 Å². The third kappa shape index (κ3) is 4.21. The van der Waals surface area contributed by atoms with E-state index in [1.165, 1.54) is 23.5 Å². The molecule has 0 unspecified atom stereocenters. The van der Waals surface area contributed by atoms with E-state index in [-0.39, 0.29) is 10.1 Å². The van der Waals surface area contributed by atoms with Gasteiger partial charge >= 0.3 is 0 Å². The Bertz CT molecular complexity index is 981. The molecule has 3 rings (SSSR count). The smallest absolute Gasteiger partial charge is 0.271 e. The van der Waals surface area contributed by atoms with Crippen molar-refractivity contribution < 1.29 is 13.2 Å². The van der Waals surface area contributed by atoms with Crippen LogP contribution in [-0.4, -0.2) is 24.5 Å². The van der Waals surface area contributed by atoms with Crippen molar-refractivity contribution in [1.82, 2.24) is 10.2 Å². The van der Waals surface area contributed by atoms with Gasteiger partial charge in [-0.25, -0.2) is 8.42 Å². The number of hydrogen-bond donors (Lipinski definition) is 2. The molecule has 3 aromatic rings. The van der Waals surface area contributed by atoms with Crippen LogP contribution in [0.4, 0.5) is 10.8 Å². The molecule has 1 aromatic carbocycles. The summed E-state index contributed by atoms with van der Waals surface area (Å²) in [7, 11) is -3.65. The lowest BCUT2D eigenvalue weighted by molar-refractivity contribution is 0.102. The summed E-state index contributed by atoms with van der Waals surface area (Å²) >= 11 is 2.43. The van der Waals surface area contributed by atoms with Crippen LogP contribution in [0.2, 0.25) is 0 Å². The van der Waals surface area contributed by atoms with Crippen LogP contribution in [0.5, 0.6) is 0 Å². The maximum absolute atomic E-state index is 12.3. The summed E-state index contributed by atoms with van der Waals surface area (Å²) in [6.07, 6.45) is 0.744. The standard InChI is InChI=1S/C15H14N4O3S3/c1-2-12-17-18-15(24-12)16-14(20)10-5-3-6-11(9-10)19-25(21,22)13-7-4-8-23-13/h3-9,19H,2H2,1H3,(H,16,18,20). The van der Waals surface area contributed by atoms with Gasteiger partial charge < -0.3 is 0 Å². The molecule has 0 radical (unpaired) electrons. The maximum atomic E-state index is 12.3. The number of amides is 1.